The summed E-state index contributed by atoms with van der Waals surface area (Å²) in [6.45, 7) is 1.75. The van der Waals surface area contributed by atoms with Crippen LogP contribution in [-0.2, 0) is 11.3 Å². The fourth-order valence-corrected chi connectivity index (χ4v) is 2.57. The highest BCUT2D eigenvalue weighted by Gasteiger charge is 2.19. The van der Waals surface area contributed by atoms with E-state index in [4.69, 9.17) is 10.00 Å². The van der Waals surface area contributed by atoms with Crippen LogP contribution in [-0.4, -0.2) is 41.1 Å². The van der Waals surface area contributed by atoms with Crippen LogP contribution in [0.4, 0.5) is 5.82 Å². The van der Waals surface area contributed by atoms with E-state index in [-0.39, 0.29) is 12.5 Å². The van der Waals surface area contributed by atoms with E-state index in [2.05, 4.69) is 15.6 Å². The number of carbonyl (C=O) groups excluding carboxylic acids is 2. The summed E-state index contributed by atoms with van der Waals surface area (Å²) in [6, 6.07) is 6.91. The lowest BCUT2D eigenvalue weighted by atomic mass is 10.3. The van der Waals surface area contributed by atoms with Crippen molar-refractivity contribution in [2.24, 2.45) is 0 Å². The molecule has 3 rings (SSSR count). The molecule has 128 valence electrons. The van der Waals surface area contributed by atoms with Gasteiger partial charge in [0.1, 0.15) is 24.2 Å². The standard InChI is InChI=1S/C17H17N5O3/c18-10-12-3-1-4-19-15(12)20-6-8-25-17(24)13-9-14-16(23)21-5-2-7-22(14)11-13/h1,3-4,9,11H,2,5-8H2,(H,19,20)(H,21,23). The molecule has 0 fully saturated rings. The molecule has 2 aromatic heterocycles. The van der Waals surface area contributed by atoms with Crippen molar-refractivity contribution in [2.75, 3.05) is 25.0 Å². The summed E-state index contributed by atoms with van der Waals surface area (Å²) in [4.78, 5) is 28.1. The number of nitrogens with zero attached hydrogens (tertiary/aromatic N) is 3. The van der Waals surface area contributed by atoms with Gasteiger partial charge in [0.25, 0.3) is 5.91 Å². The number of fused-ring (bicyclic) bond motifs is 1. The van der Waals surface area contributed by atoms with E-state index >= 15 is 0 Å². The first-order valence-electron chi connectivity index (χ1n) is 7.93. The number of nitriles is 1. The van der Waals surface area contributed by atoms with Crippen molar-refractivity contribution < 1.29 is 14.3 Å². The summed E-state index contributed by atoms with van der Waals surface area (Å²) in [5.74, 6) is -0.220. The van der Waals surface area contributed by atoms with E-state index in [0.717, 1.165) is 6.42 Å². The Kier molecular flexibility index (Phi) is 4.95. The first-order chi connectivity index (χ1) is 12.2. The van der Waals surface area contributed by atoms with Gasteiger partial charge in [0.15, 0.2) is 0 Å². The van der Waals surface area contributed by atoms with Crippen LogP contribution in [0.25, 0.3) is 0 Å². The van der Waals surface area contributed by atoms with Gasteiger partial charge in [-0.25, -0.2) is 9.78 Å². The zero-order valence-corrected chi connectivity index (χ0v) is 13.5. The van der Waals surface area contributed by atoms with Gasteiger partial charge in [-0.15, -0.1) is 0 Å². The van der Waals surface area contributed by atoms with E-state index < -0.39 is 5.97 Å². The zero-order chi connectivity index (χ0) is 17.6. The smallest absolute Gasteiger partial charge is 0.339 e. The number of anilines is 1. The van der Waals surface area contributed by atoms with Gasteiger partial charge in [0, 0.05) is 25.5 Å². The summed E-state index contributed by atoms with van der Waals surface area (Å²) < 4.78 is 6.98. The largest absolute Gasteiger partial charge is 0.460 e. The number of nitrogens with one attached hydrogen (secondary N) is 2. The average Bonchev–Trinajstić information content (AvgIpc) is 2.99. The highest BCUT2D eigenvalue weighted by molar-refractivity contribution is 5.97. The number of esters is 1. The molecule has 0 unspecified atom stereocenters. The number of amides is 1. The van der Waals surface area contributed by atoms with Crippen LogP contribution in [0.5, 0.6) is 0 Å². The number of hydrogen-bond acceptors (Lipinski definition) is 6. The molecule has 0 aromatic carbocycles. The second-order valence-corrected chi connectivity index (χ2v) is 5.49. The van der Waals surface area contributed by atoms with Gasteiger partial charge in [0.2, 0.25) is 0 Å². The molecule has 0 atom stereocenters. The number of rotatable bonds is 5. The number of aromatic nitrogens is 2. The lowest BCUT2D eigenvalue weighted by molar-refractivity contribution is 0.0520. The van der Waals surface area contributed by atoms with Crippen molar-refractivity contribution in [3.8, 4) is 6.07 Å². The predicted molar refractivity (Wildman–Crippen MR) is 89.1 cm³/mol. The van der Waals surface area contributed by atoms with Gasteiger partial charge in [0.05, 0.1) is 17.7 Å². The minimum atomic E-state index is -0.489. The molecule has 25 heavy (non-hydrogen) atoms. The summed E-state index contributed by atoms with van der Waals surface area (Å²) >= 11 is 0. The van der Waals surface area contributed by atoms with E-state index in [1.54, 1.807) is 35.2 Å². The molecule has 2 N–H and O–H groups in total. The molecule has 8 nitrogen and oxygen atoms in total. The Balaban J connectivity index is 1.54. The Morgan fingerprint density at radius 1 is 1.52 bits per heavy atom. The van der Waals surface area contributed by atoms with Crippen molar-refractivity contribution >= 4 is 17.7 Å². The highest BCUT2D eigenvalue weighted by atomic mass is 16.5. The Morgan fingerprint density at radius 2 is 2.40 bits per heavy atom. The zero-order valence-electron chi connectivity index (χ0n) is 13.5. The molecule has 0 aliphatic carbocycles. The molecule has 1 amide bonds. The highest BCUT2D eigenvalue weighted by Crippen LogP contribution is 2.13. The van der Waals surface area contributed by atoms with Crippen molar-refractivity contribution in [2.45, 2.75) is 13.0 Å². The van der Waals surface area contributed by atoms with E-state index in [9.17, 15) is 9.59 Å². The number of carbonyl (C=O) groups is 2. The number of pyridine rings is 1. The molecule has 0 radical (unpaired) electrons. The molecule has 8 heteroatoms. The average molecular weight is 339 g/mol. The molecule has 3 heterocycles. The maximum Gasteiger partial charge on any atom is 0.339 e. The van der Waals surface area contributed by atoms with Gasteiger partial charge >= 0.3 is 5.97 Å². The molecule has 0 saturated heterocycles. The quantitative estimate of drug-likeness (QED) is 0.625. The summed E-state index contributed by atoms with van der Waals surface area (Å²) in [5, 5.41) is 14.7. The minimum absolute atomic E-state index is 0.118. The molecular weight excluding hydrogens is 322 g/mol. The first-order valence-corrected chi connectivity index (χ1v) is 7.93. The molecule has 1 aliphatic rings. The maximum atomic E-state index is 12.1. The third-order valence-corrected chi connectivity index (χ3v) is 3.78. The van der Waals surface area contributed by atoms with Gasteiger partial charge in [-0.05, 0) is 24.6 Å². The number of ether oxygens (including phenoxy) is 1. The second kappa shape index (κ2) is 7.49. The maximum absolute atomic E-state index is 12.1. The molecule has 2 aromatic rings. The van der Waals surface area contributed by atoms with E-state index in [1.165, 1.54) is 0 Å². The topological polar surface area (TPSA) is 109 Å². The van der Waals surface area contributed by atoms with Crippen LogP contribution in [0.1, 0.15) is 32.8 Å². The van der Waals surface area contributed by atoms with Crippen LogP contribution >= 0.6 is 0 Å². The van der Waals surface area contributed by atoms with E-state index in [1.807, 2.05) is 6.07 Å². The van der Waals surface area contributed by atoms with Crippen molar-refractivity contribution in [3.05, 3.63) is 47.4 Å². The third-order valence-electron chi connectivity index (χ3n) is 3.78. The molecule has 0 bridgehead atoms. The minimum Gasteiger partial charge on any atom is -0.460 e. The molecule has 1 aliphatic heterocycles. The Labute approximate surface area is 144 Å². The molecule has 0 spiro atoms. The Bertz CT molecular complexity index is 837. The predicted octanol–water partition coefficient (Wildman–Crippen LogP) is 1.16. The van der Waals surface area contributed by atoms with Gasteiger partial charge < -0.3 is 19.9 Å². The molecule has 0 saturated carbocycles. The van der Waals surface area contributed by atoms with Crippen LogP contribution in [0.15, 0.2) is 30.6 Å². The van der Waals surface area contributed by atoms with Gasteiger partial charge in [-0.2, -0.15) is 5.26 Å². The van der Waals surface area contributed by atoms with Crippen LogP contribution in [0, 0.1) is 11.3 Å². The van der Waals surface area contributed by atoms with Crippen molar-refractivity contribution in [1.82, 2.24) is 14.9 Å². The lowest BCUT2D eigenvalue weighted by Crippen LogP contribution is -2.22. The fourth-order valence-electron chi connectivity index (χ4n) is 2.57. The lowest BCUT2D eigenvalue weighted by Gasteiger charge is -2.07. The van der Waals surface area contributed by atoms with Crippen molar-refractivity contribution in [3.63, 3.8) is 0 Å². The van der Waals surface area contributed by atoms with Gasteiger partial charge in [-0.1, -0.05) is 0 Å². The number of hydrogen-bond donors (Lipinski definition) is 2. The Morgan fingerprint density at radius 3 is 3.24 bits per heavy atom. The van der Waals surface area contributed by atoms with Crippen LogP contribution in [0.3, 0.4) is 0 Å². The second-order valence-electron chi connectivity index (χ2n) is 5.49. The summed E-state index contributed by atoms with van der Waals surface area (Å²) in [7, 11) is 0. The number of aryl methyl sites for hydroxylation is 1. The summed E-state index contributed by atoms with van der Waals surface area (Å²) in [5.41, 5.74) is 1.24. The van der Waals surface area contributed by atoms with E-state index in [0.29, 0.717) is 42.3 Å². The van der Waals surface area contributed by atoms with Crippen LogP contribution < -0.4 is 10.6 Å². The third kappa shape index (κ3) is 3.77. The van der Waals surface area contributed by atoms with Crippen molar-refractivity contribution in [1.29, 1.82) is 5.26 Å². The molecular formula is C17H17N5O3. The Hall–Kier alpha value is -3.34. The van der Waals surface area contributed by atoms with Crippen LogP contribution in [0.2, 0.25) is 0 Å². The monoisotopic (exact) mass is 339 g/mol. The normalized spacial score (nSPS) is 13.2. The SMILES string of the molecule is N#Cc1cccnc1NCCOC(=O)c1cc2n(c1)CCCNC2=O. The first kappa shape index (κ1) is 16.5. The summed E-state index contributed by atoms with van der Waals surface area (Å²) in [6.07, 6.45) is 4.04. The van der Waals surface area contributed by atoms with Gasteiger partial charge in [-0.3, -0.25) is 4.79 Å². The fraction of sp³-hybridized carbons (Fsp3) is 0.294.